The van der Waals surface area contributed by atoms with Gasteiger partial charge < -0.3 is 20.2 Å². The van der Waals surface area contributed by atoms with E-state index >= 15 is 0 Å². The molecule has 0 aliphatic heterocycles. The molecule has 0 radical (unpaired) electrons. The average Bonchev–Trinajstić information content (AvgIpc) is 2.49. The van der Waals surface area contributed by atoms with E-state index in [1.54, 1.807) is 11.9 Å². The maximum atomic E-state index is 12.2. The highest BCUT2D eigenvalue weighted by Crippen LogP contribution is 2.16. The van der Waals surface area contributed by atoms with Crippen LogP contribution in [0.25, 0.3) is 0 Å². The van der Waals surface area contributed by atoms with Gasteiger partial charge in [-0.15, -0.1) is 0 Å². The average molecular weight is 305 g/mol. The van der Waals surface area contributed by atoms with Crippen LogP contribution in [0.1, 0.15) is 12.0 Å². The van der Waals surface area contributed by atoms with E-state index in [0.717, 1.165) is 11.3 Å². The number of aliphatic hydroxyl groups excluding tert-OH is 1. The van der Waals surface area contributed by atoms with Gasteiger partial charge in [-0.3, -0.25) is 4.79 Å². The number of hydrogen-bond acceptors (Lipinski definition) is 4. The zero-order chi connectivity index (χ0) is 16.7. The maximum absolute atomic E-state index is 12.2. The number of likely N-dealkylation sites (N-methyl/N-ethyl adjacent to an activating group) is 1. The van der Waals surface area contributed by atoms with Crippen LogP contribution >= 0.6 is 0 Å². The monoisotopic (exact) mass is 305 g/mol. The second-order valence-corrected chi connectivity index (χ2v) is 5.72. The SMILES string of the molecule is C=C(O)C(Cc1ccc(NC)cc1)N(C)C(=O)CCN(C)C. The minimum Gasteiger partial charge on any atom is -0.511 e. The topological polar surface area (TPSA) is 55.8 Å². The van der Waals surface area contributed by atoms with Crippen LogP contribution in [-0.2, 0) is 11.2 Å². The van der Waals surface area contributed by atoms with Gasteiger partial charge >= 0.3 is 0 Å². The number of amides is 1. The van der Waals surface area contributed by atoms with E-state index in [1.807, 2.05) is 50.3 Å². The highest BCUT2D eigenvalue weighted by atomic mass is 16.3. The van der Waals surface area contributed by atoms with Gasteiger partial charge in [0, 0.05) is 39.2 Å². The molecule has 0 aliphatic rings. The quantitative estimate of drug-likeness (QED) is 0.722. The number of hydrogen-bond donors (Lipinski definition) is 2. The highest BCUT2D eigenvalue weighted by Gasteiger charge is 2.22. The largest absolute Gasteiger partial charge is 0.511 e. The molecule has 0 bridgehead atoms. The van der Waals surface area contributed by atoms with Crippen LogP contribution in [0.2, 0.25) is 0 Å². The number of carbonyl (C=O) groups excluding carboxylic acids is 1. The molecule has 0 aromatic heterocycles. The summed E-state index contributed by atoms with van der Waals surface area (Å²) in [5.74, 6) is 0.0131. The summed E-state index contributed by atoms with van der Waals surface area (Å²) in [6.45, 7) is 4.31. The van der Waals surface area contributed by atoms with Crippen molar-refractivity contribution in [1.29, 1.82) is 0 Å². The molecule has 0 saturated heterocycles. The van der Waals surface area contributed by atoms with Crippen molar-refractivity contribution in [1.82, 2.24) is 9.80 Å². The van der Waals surface area contributed by atoms with E-state index in [1.165, 1.54) is 0 Å². The van der Waals surface area contributed by atoms with Crippen molar-refractivity contribution >= 4 is 11.6 Å². The van der Waals surface area contributed by atoms with Crippen LogP contribution in [0.15, 0.2) is 36.6 Å². The summed E-state index contributed by atoms with van der Waals surface area (Å²) in [7, 11) is 7.44. The predicted molar refractivity (Wildman–Crippen MR) is 91.2 cm³/mol. The lowest BCUT2D eigenvalue weighted by molar-refractivity contribution is -0.132. The third-order valence-corrected chi connectivity index (χ3v) is 3.69. The fourth-order valence-corrected chi connectivity index (χ4v) is 2.18. The van der Waals surface area contributed by atoms with Crippen molar-refractivity contribution in [2.75, 3.05) is 40.1 Å². The summed E-state index contributed by atoms with van der Waals surface area (Å²) in [6.07, 6.45) is 0.968. The molecule has 1 amide bonds. The molecule has 1 aromatic rings. The Morgan fingerprint density at radius 1 is 1.27 bits per heavy atom. The number of carbonyl (C=O) groups is 1. The van der Waals surface area contributed by atoms with Crippen molar-refractivity contribution < 1.29 is 9.90 Å². The molecule has 1 unspecified atom stereocenters. The van der Waals surface area contributed by atoms with Crippen LogP contribution in [0, 0.1) is 0 Å². The minimum absolute atomic E-state index is 0.000690. The molecule has 5 nitrogen and oxygen atoms in total. The van der Waals surface area contributed by atoms with Gasteiger partial charge in [-0.25, -0.2) is 0 Å². The van der Waals surface area contributed by atoms with Crippen molar-refractivity contribution in [2.24, 2.45) is 0 Å². The Kier molecular flexibility index (Phi) is 6.92. The second kappa shape index (κ2) is 8.44. The van der Waals surface area contributed by atoms with Gasteiger partial charge in [-0.1, -0.05) is 18.7 Å². The first-order valence-electron chi connectivity index (χ1n) is 7.40. The molecule has 0 fully saturated rings. The molecule has 0 spiro atoms. The molecule has 1 rings (SSSR count). The van der Waals surface area contributed by atoms with Crippen LogP contribution in [0.4, 0.5) is 5.69 Å². The molecular weight excluding hydrogens is 278 g/mol. The lowest BCUT2D eigenvalue weighted by atomic mass is 10.0. The standard InChI is InChI=1S/C17H27N3O2/c1-13(21)16(20(5)17(22)10-11-19(3)4)12-14-6-8-15(18-2)9-7-14/h6-9,16,18,21H,1,10-12H2,2-5H3. The fourth-order valence-electron chi connectivity index (χ4n) is 2.18. The Balaban J connectivity index is 2.75. The first-order chi connectivity index (χ1) is 10.3. The Morgan fingerprint density at radius 2 is 1.86 bits per heavy atom. The third-order valence-electron chi connectivity index (χ3n) is 3.69. The first kappa shape index (κ1) is 18.0. The number of aliphatic hydroxyl groups is 1. The first-order valence-corrected chi connectivity index (χ1v) is 7.40. The zero-order valence-corrected chi connectivity index (χ0v) is 14.0. The van der Waals surface area contributed by atoms with Crippen LogP contribution in [-0.4, -0.2) is 61.6 Å². The number of rotatable bonds is 8. The van der Waals surface area contributed by atoms with Crippen molar-refractivity contribution in [3.05, 3.63) is 42.2 Å². The Labute approximate surface area is 133 Å². The van der Waals surface area contributed by atoms with Crippen LogP contribution in [0.5, 0.6) is 0 Å². The predicted octanol–water partition coefficient (Wildman–Crippen LogP) is 2.12. The molecule has 2 N–H and O–H groups in total. The van der Waals surface area contributed by atoms with Crippen LogP contribution < -0.4 is 5.32 Å². The summed E-state index contributed by atoms with van der Waals surface area (Å²) in [5.41, 5.74) is 2.07. The van der Waals surface area contributed by atoms with Crippen molar-refractivity contribution in [3.63, 3.8) is 0 Å². The van der Waals surface area contributed by atoms with Gasteiger partial charge in [0.25, 0.3) is 0 Å². The Bertz CT molecular complexity index is 497. The van der Waals surface area contributed by atoms with Gasteiger partial charge in [-0.05, 0) is 31.8 Å². The van der Waals surface area contributed by atoms with Crippen molar-refractivity contribution in [3.8, 4) is 0 Å². The van der Waals surface area contributed by atoms with Gasteiger partial charge in [0.05, 0.1) is 6.04 Å². The number of nitrogens with one attached hydrogen (secondary N) is 1. The van der Waals surface area contributed by atoms with E-state index in [0.29, 0.717) is 19.4 Å². The van der Waals surface area contributed by atoms with E-state index < -0.39 is 6.04 Å². The zero-order valence-electron chi connectivity index (χ0n) is 14.0. The third kappa shape index (κ3) is 5.41. The molecule has 1 aromatic carbocycles. The molecule has 1 atom stereocenters. The van der Waals surface area contributed by atoms with Crippen LogP contribution in [0.3, 0.4) is 0 Å². The summed E-state index contributed by atoms with van der Waals surface area (Å²) in [6, 6.07) is 7.51. The van der Waals surface area contributed by atoms with E-state index in [2.05, 4.69) is 11.9 Å². The molecule has 122 valence electrons. The summed E-state index contributed by atoms with van der Waals surface area (Å²) < 4.78 is 0. The molecule has 22 heavy (non-hydrogen) atoms. The summed E-state index contributed by atoms with van der Waals surface area (Å²) >= 11 is 0. The lowest BCUT2D eigenvalue weighted by Crippen LogP contribution is -2.40. The van der Waals surface area contributed by atoms with Gasteiger partial charge in [0.1, 0.15) is 5.76 Å². The van der Waals surface area contributed by atoms with E-state index in [4.69, 9.17) is 0 Å². The maximum Gasteiger partial charge on any atom is 0.224 e. The summed E-state index contributed by atoms with van der Waals surface area (Å²) in [4.78, 5) is 15.8. The second-order valence-electron chi connectivity index (χ2n) is 5.72. The van der Waals surface area contributed by atoms with Gasteiger partial charge in [0.15, 0.2) is 0 Å². The fraction of sp³-hybridized carbons (Fsp3) is 0.471. The Morgan fingerprint density at radius 3 is 2.32 bits per heavy atom. The number of nitrogens with zero attached hydrogens (tertiary/aromatic N) is 2. The molecular formula is C17H27N3O2. The van der Waals surface area contributed by atoms with Crippen molar-refractivity contribution in [2.45, 2.75) is 18.9 Å². The van der Waals surface area contributed by atoms with E-state index in [-0.39, 0.29) is 11.7 Å². The van der Waals surface area contributed by atoms with E-state index in [9.17, 15) is 9.90 Å². The Hall–Kier alpha value is -2.01. The molecule has 0 heterocycles. The number of anilines is 1. The summed E-state index contributed by atoms with van der Waals surface area (Å²) in [5, 5.41) is 12.9. The van der Waals surface area contributed by atoms with Gasteiger partial charge in [-0.2, -0.15) is 0 Å². The van der Waals surface area contributed by atoms with Gasteiger partial charge in [0.2, 0.25) is 5.91 Å². The lowest BCUT2D eigenvalue weighted by Gasteiger charge is -2.28. The molecule has 5 heteroatoms. The highest BCUT2D eigenvalue weighted by molar-refractivity contribution is 5.76. The molecule has 0 aliphatic carbocycles. The minimum atomic E-state index is -0.407. The number of benzene rings is 1. The molecule has 0 saturated carbocycles. The smallest absolute Gasteiger partial charge is 0.224 e. The normalized spacial score (nSPS) is 12.0.